The molecule has 1 fully saturated rings. The van der Waals surface area contributed by atoms with E-state index in [1.807, 2.05) is 20.8 Å². The lowest BCUT2D eigenvalue weighted by atomic mass is 10.2. The van der Waals surface area contributed by atoms with Gasteiger partial charge in [-0.1, -0.05) is 0 Å². The molecule has 1 aliphatic heterocycles. The van der Waals surface area contributed by atoms with Gasteiger partial charge in [0.25, 0.3) is 0 Å². The Balaban J connectivity index is 0.00000196. The van der Waals surface area contributed by atoms with Crippen molar-refractivity contribution in [2.45, 2.75) is 26.4 Å². The van der Waals surface area contributed by atoms with E-state index in [0.29, 0.717) is 6.54 Å². The summed E-state index contributed by atoms with van der Waals surface area (Å²) in [6.45, 7) is 9.87. The molecule has 5 heteroatoms. The lowest BCUT2D eigenvalue weighted by molar-refractivity contribution is -0.156. The summed E-state index contributed by atoms with van der Waals surface area (Å²) in [6, 6.07) is 0. The van der Waals surface area contributed by atoms with Crippen molar-refractivity contribution in [3.8, 4) is 0 Å². The van der Waals surface area contributed by atoms with Gasteiger partial charge in [-0.05, 0) is 20.8 Å². The predicted molar refractivity (Wildman–Crippen MR) is 62.4 cm³/mol. The molecule has 1 aliphatic rings. The molecule has 0 atom stereocenters. The summed E-state index contributed by atoms with van der Waals surface area (Å²) in [5.41, 5.74) is -0.370. The average Bonchev–Trinajstić information content (AvgIpc) is 2.02. The van der Waals surface area contributed by atoms with Crippen molar-refractivity contribution in [3.63, 3.8) is 0 Å². The molecule has 1 saturated heterocycles. The number of carbonyl (C=O) groups excluding carboxylic acids is 1. The second-order valence-corrected chi connectivity index (χ2v) is 4.61. The molecule has 0 unspecified atom stereocenters. The van der Waals surface area contributed by atoms with Gasteiger partial charge in [0, 0.05) is 26.2 Å². The van der Waals surface area contributed by atoms with Crippen LogP contribution in [0.15, 0.2) is 0 Å². The SMILES string of the molecule is CC(C)(C)OC(=O)CN1CCNCC1.Cl. The molecule has 90 valence electrons. The summed E-state index contributed by atoms with van der Waals surface area (Å²) in [4.78, 5) is 13.6. The molecule has 4 nitrogen and oxygen atoms in total. The first kappa shape index (κ1) is 14.7. The highest BCUT2D eigenvalue weighted by atomic mass is 35.5. The molecule has 0 bridgehead atoms. The molecule has 15 heavy (non-hydrogen) atoms. The van der Waals surface area contributed by atoms with E-state index in [9.17, 15) is 4.79 Å². The van der Waals surface area contributed by atoms with Crippen molar-refractivity contribution in [1.82, 2.24) is 10.2 Å². The van der Waals surface area contributed by atoms with Crippen molar-refractivity contribution in [2.75, 3.05) is 32.7 Å². The second-order valence-electron chi connectivity index (χ2n) is 4.61. The molecule has 0 aliphatic carbocycles. The van der Waals surface area contributed by atoms with E-state index in [4.69, 9.17) is 4.74 Å². The maximum absolute atomic E-state index is 11.4. The summed E-state index contributed by atoms with van der Waals surface area (Å²) in [6.07, 6.45) is 0. The molecule has 1 rings (SSSR count). The molecule has 0 saturated carbocycles. The summed E-state index contributed by atoms with van der Waals surface area (Å²) in [7, 11) is 0. The number of hydrogen-bond acceptors (Lipinski definition) is 4. The molecule has 0 aromatic rings. The number of piperazine rings is 1. The highest BCUT2D eigenvalue weighted by molar-refractivity contribution is 5.85. The number of esters is 1. The van der Waals surface area contributed by atoms with Gasteiger partial charge in [0.2, 0.25) is 0 Å². The molecule has 1 heterocycles. The zero-order chi connectivity index (χ0) is 10.6. The normalized spacial score (nSPS) is 18.1. The number of ether oxygens (including phenoxy) is 1. The lowest BCUT2D eigenvalue weighted by Crippen LogP contribution is -2.46. The third-order valence-electron chi connectivity index (χ3n) is 1.98. The van der Waals surface area contributed by atoms with E-state index in [1.54, 1.807) is 0 Å². The minimum atomic E-state index is -0.370. The number of hydrogen-bond donors (Lipinski definition) is 1. The third kappa shape index (κ3) is 6.71. The van der Waals surface area contributed by atoms with Crippen molar-refractivity contribution in [3.05, 3.63) is 0 Å². The topological polar surface area (TPSA) is 41.6 Å². The molecule has 1 N–H and O–H groups in total. The van der Waals surface area contributed by atoms with Crippen LogP contribution >= 0.6 is 12.4 Å². The van der Waals surface area contributed by atoms with Gasteiger partial charge in [0.05, 0.1) is 6.54 Å². The van der Waals surface area contributed by atoms with Crippen LogP contribution in [0.4, 0.5) is 0 Å². The fourth-order valence-electron chi connectivity index (χ4n) is 1.43. The summed E-state index contributed by atoms with van der Waals surface area (Å²) in [5, 5.41) is 3.24. The highest BCUT2D eigenvalue weighted by Gasteiger charge is 2.19. The maximum Gasteiger partial charge on any atom is 0.320 e. The van der Waals surface area contributed by atoms with Crippen LogP contribution in [0.3, 0.4) is 0 Å². The van der Waals surface area contributed by atoms with Crippen molar-refractivity contribution in [1.29, 1.82) is 0 Å². The Labute approximate surface area is 97.8 Å². The van der Waals surface area contributed by atoms with E-state index >= 15 is 0 Å². The Bertz CT molecular complexity index is 198. The second kappa shape index (κ2) is 6.30. The number of halogens is 1. The Morgan fingerprint density at radius 3 is 2.33 bits per heavy atom. The Morgan fingerprint density at radius 2 is 1.87 bits per heavy atom. The van der Waals surface area contributed by atoms with Gasteiger partial charge in [0.15, 0.2) is 0 Å². The monoisotopic (exact) mass is 236 g/mol. The average molecular weight is 237 g/mol. The van der Waals surface area contributed by atoms with Crippen LogP contribution in [-0.2, 0) is 9.53 Å². The van der Waals surface area contributed by atoms with Gasteiger partial charge in [0.1, 0.15) is 5.60 Å². The molecule has 0 amide bonds. The summed E-state index contributed by atoms with van der Waals surface area (Å²) >= 11 is 0. The van der Waals surface area contributed by atoms with Crippen LogP contribution in [0, 0.1) is 0 Å². The number of nitrogens with zero attached hydrogens (tertiary/aromatic N) is 1. The van der Waals surface area contributed by atoms with Crippen LogP contribution < -0.4 is 5.32 Å². The van der Waals surface area contributed by atoms with E-state index in [-0.39, 0.29) is 24.0 Å². The third-order valence-corrected chi connectivity index (χ3v) is 1.98. The smallest absolute Gasteiger partial charge is 0.320 e. The first-order valence-corrected chi connectivity index (χ1v) is 5.12. The van der Waals surface area contributed by atoms with Gasteiger partial charge in [-0.15, -0.1) is 12.4 Å². The van der Waals surface area contributed by atoms with E-state index in [0.717, 1.165) is 26.2 Å². The predicted octanol–water partition coefficient (Wildman–Crippen LogP) is 0.655. The minimum absolute atomic E-state index is 0. The Morgan fingerprint density at radius 1 is 1.33 bits per heavy atom. The molecule has 0 aromatic heterocycles. The fourth-order valence-corrected chi connectivity index (χ4v) is 1.43. The van der Waals surface area contributed by atoms with Crippen LogP contribution in [-0.4, -0.2) is 49.2 Å². The standard InChI is InChI=1S/C10H20N2O2.ClH/c1-10(2,3)14-9(13)8-12-6-4-11-5-7-12;/h11H,4-8H2,1-3H3;1H. The molecular formula is C10H21ClN2O2. The number of carbonyl (C=O) groups is 1. The first-order chi connectivity index (χ1) is 6.47. The quantitative estimate of drug-likeness (QED) is 0.716. The van der Waals surface area contributed by atoms with Gasteiger partial charge in [-0.3, -0.25) is 9.69 Å². The Kier molecular flexibility index (Phi) is 6.17. The molecular weight excluding hydrogens is 216 g/mol. The van der Waals surface area contributed by atoms with Gasteiger partial charge < -0.3 is 10.1 Å². The zero-order valence-corrected chi connectivity index (χ0v) is 10.5. The first-order valence-electron chi connectivity index (χ1n) is 5.12. The number of rotatable bonds is 2. The van der Waals surface area contributed by atoms with Crippen LogP contribution in [0.25, 0.3) is 0 Å². The molecule has 0 aromatic carbocycles. The van der Waals surface area contributed by atoms with E-state index < -0.39 is 0 Å². The van der Waals surface area contributed by atoms with Crippen molar-refractivity contribution in [2.24, 2.45) is 0 Å². The highest BCUT2D eigenvalue weighted by Crippen LogP contribution is 2.07. The fraction of sp³-hybridized carbons (Fsp3) is 0.900. The van der Waals surface area contributed by atoms with Gasteiger partial charge in [-0.2, -0.15) is 0 Å². The summed E-state index contributed by atoms with van der Waals surface area (Å²) < 4.78 is 5.24. The minimum Gasteiger partial charge on any atom is -0.459 e. The number of nitrogens with one attached hydrogen (secondary N) is 1. The summed E-state index contributed by atoms with van der Waals surface area (Å²) in [5.74, 6) is -0.126. The largest absolute Gasteiger partial charge is 0.459 e. The Hall–Kier alpha value is -0.320. The van der Waals surface area contributed by atoms with Crippen molar-refractivity contribution < 1.29 is 9.53 Å². The lowest BCUT2D eigenvalue weighted by Gasteiger charge is -2.28. The van der Waals surface area contributed by atoms with Crippen molar-refractivity contribution >= 4 is 18.4 Å². The van der Waals surface area contributed by atoms with Crippen LogP contribution in [0.5, 0.6) is 0 Å². The van der Waals surface area contributed by atoms with Crippen LogP contribution in [0.2, 0.25) is 0 Å². The molecule has 0 spiro atoms. The van der Waals surface area contributed by atoms with Crippen LogP contribution in [0.1, 0.15) is 20.8 Å². The van der Waals surface area contributed by atoms with Gasteiger partial charge >= 0.3 is 5.97 Å². The maximum atomic E-state index is 11.4. The van der Waals surface area contributed by atoms with E-state index in [1.165, 1.54) is 0 Å². The molecule has 0 radical (unpaired) electrons. The van der Waals surface area contributed by atoms with E-state index in [2.05, 4.69) is 10.2 Å². The zero-order valence-electron chi connectivity index (χ0n) is 9.71. The van der Waals surface area contributed by atoms with Gasteiger partial charge in [-0.25, -0.2) is 0 Å².